The van der Waals surface area contributed by atoms with Crippen LogP contribution in [0.2, 0.25) is 0 Å². The van der Waals surface area contributed by atoms with Crippen molar-refractivity contribution in [1.82, 2.24) is 9.97 Å². The Kier molecular flexibility index (Phi) is 7.17. The lowest BCUT2D eigenvalue weighted by Crippen LogP contribution is -1.89. The first-order valence-electron chi connectivity index (χ1n) is 18.6. The zero-order chi connectivity index (χ0) is 36.3. The summed E-state index contributed by atoms with van der Waals surface area (Å²) in [7, 11) is 0. The van der Waals surface area contributed by atoms with Gasteiger partial charge in [0.15, 0.2) is 0 Å². The minimum absolute atomic E-state index is 0.887. The minimum atomic E-state index is 0.887. The first-order valence-corrected chi connectivity index (χ1v) is 18.6. The highest BCUT2D eigenvalue weighted by Crippen LogP contribution is 2.38. The maximum absolute atomic E-state index is 6.34. The van der Waals surface area contributed by atoms with Crippen LogP contribution in [-0.2, 0) is 0 Å². The first kappa shape index (κ1) is 31.2. The van der Waals surface area contributed by atoms with Crippen LogP contribution in [-0.4, -0.2) is 9.97 Å². The average Bonchev–Trinajstić information content (AvgIpc) is 3.64. The van der Waals surface area contributed by atoms with Crippen molar-refractivity contribution < 1.29 is 4.42 Å². The molecule has 0 spiro atoms. The molecule has 0 aliphatic carbocycles. The molecule has 55 heavy (non-hydrogen) atoms. The molecule has 0 amide bonds. The molecule has 256 valence electrons. The number of benzene rings is 9. The zero-order valence-electron chi connectivity index (χ0n) is 29.8. The number of hydrogen-bond donors (Lipinski definition) is 0. The largest absolute Gasteiger partial charge is 0.456 e. The molecule has 0 radical (unpaired) electrons. The normalized spacial score (nSPS) is 11.6. The van der Waals surface area contributed by atoms with Crippen molar-refractivity contribution in [2.45, 2.75) is 0 Å². The SMILES string of the molecule is c1ccc(-c2ccc(-c3ccc(-c4ccc5oc6ccc(-c7cccc(-c8ccc9c(c8)c8ccccc8c8nccnc98)c7)cc6c5c4)cc3)cc2)cc1. The van der Waals surface area contributed by atoms with Crippen LogP contribution in [0.1, 0.15) is 0 Å². The van der Waals surface area contributed by atoms with Gasteiger partial charge in [0.25, 0.3) is 0 Å². The van der Waals surface area contributed by atoms with Gasteiger partial charge in [0.1, 0.15) is 11.2 Å². The number of hydrogen-bond acceptors (Lipinski definition) is 3. The Morgan fingerprint density at radius 1 is 0.255 bits per heavy atom. The number of fused-ring (bicyclic) bond motifs is 9. The van der Waals surface area contributed by atoms with Crippen LogP contribution in [0.15, 0.2) is 199 Å². The number of nitrogens with zero attached hydrogens (tertiary/aromatic N) is 2. The summed E-state index contributed by atoms with van der Waals surface area (Å²) >= 11 is 0. The van der Waals surface area contributed by atoms with Gasteiger partial charge in [-0.05, 0) is 103 Å². The van der Waals surface area contributed by atoms with Crippen molar-refractivity contribution in [1.29, 1.82) is 0 Å². The fourth-order valence-electron chi connectivity index (χ4n) is 8.17. The predicted molar refractivity (Wildman–Crippen MR) is 229 cm³/mol. The lowest BCUT2D eigenvalue weighted by Gasteiger charge is -2.11. The number of furan rings is 1. The van der Waals surface area contributed by atoms with Crippen molar-refractivity contribution in [2.75, 3.05) is 0 Å². The van der Waals surface area contributed by atoms with Gasteiger partial charge in [0.2, 0.25) is 0 Å². The van der Waals surface area contributed by atoms with Gasteiger partial charge in [-0.15, -0.1) is 0 Å². The third-order valence-electron chi connectivity index (χ3n) is 11.0. The molecule has 0 N–H and O–H groups in total. The van der Waals surface area contributed by atoms with Crippen LogP contribution in [0.3, 0.4) is 0 Å². The molecule has 3 heteroatoms. The van der Waals surface area contributed by atoms with Crippen molar-refractivity contribution in [3.63, 3.8) is 0 Å². The highest BCUT2D eigenvalue weighted by atomic mass is 16.3. The Bertz CT molecular complexity index is 3200. The second kappa shape index (κ2) is 12.6. The third kappa shape index (κ3) is 5.36. The Morgan fingerprint density at radius 3 is 1.22 bits per heavy atom. The molecule has 0 saturated heterocycles. The quantitative estimate of drug-likeness (QED) is 0.168. The number of rotatable bonds is 5. The molecule has 0 aliphatic heterocycles. The first-order chi connectivity index (χ1) is 27.2. The molecule has 0 aliphatic rings. The van der Waals surface area contributed by atoms with Gasteiger partial charge in [0, 0.05) is 33.9 Å². The molecule has 11 aromatic rings. The fourth-order valence-corrected chi connectivity index (χ4v) is 8.17. The Labute approximate surface area is 317 Å². The molecular weight excluding hydrogens is 669 g/mol. The summed E-state index contributed by atoms with van der Waals surface area (Å²) in [5.74, 6) is 0. The van der Waals surface area contributed by atoms with E-state index in [0.717, 1.165) is 71.6 Å². The fraction of sp³-hybridized carbons (Fsp3) is 0. The van der Waals surface area contributed by atoms with E-state index in [2.05, 4.69) is 182 Å². The Morgan fingerprint density at radius 2 is 0.636 bits per heavy atom. The molecule has 0 bridgehead atoms. The van der Waals surface area contributed by atoms with Crippen molar-refractivity contribution in [3.8, 4) is 55.6 Å². The molecular formula is C52H32N2O. The minimum Gasteiger partial charge on any atom is -0.456 e. The summed E-state index contributed by atoms with van der Waals surface area (Å²) in [5, 5.41) is 6.83. The smallest absolute Gasteiger partial charge is 0.135 e. The maximum atomic E-state index is 6.34. The summed E-state index contributed by atoms with van der Waals surface area (Å²) < 4.78 is 6.34. The van der Waals surface area contributed by atoms with Gasteiger partial charge in [0.05, 0.1) is 11.0 Å². The van der Waals surface area contributed by atoms with E-state index >= 15 is 0 Å². The van der Waals surface area contributed by atoms with E-state index in [4.69, 9.17) is 14.4 Å². The van der Waals surface area contributed by atoms with Crippen LogP contribution < -0.4 is 0 Å². The van der Waals surface area contributed by atoms with Crippen LogP contribution in [0, 0.1) is 0 Å². The molecule has 2 aromatic heterocycles. The molecule has 0 atom stereocenters. The molecule has 0 saturated carbocycles. The highest BCUT2D eigenvalue weighted by Gasteiger charge is 2.14. The van der Waals surface area contributed by atoms with Crippen molar-refractivity contribution in [2.24, 2.45) is 0 Å². The monoisotopic (exact) mass is 700 g/mol. The standard InChI is InChI=1S/C52H32N2O/c1-2-7-33(8-3-1)34-13-15-35(16-14-34)36-17-19-37(20-18-36)40-22-25-49-47(31-40)48-32-42(23-26-50(48)55-49)39-10-6-9-38(29-39)41-21-24-45-46(30-41)43-11-4-5-12-44(43)51-52(45)54-28-27-53-51/h1-32H. The highest BCUT2D eigenvalue weighted by molar-refractivity contribution is 6.23. The molecule has 3 nitrogen and oxygen atoms in total. The van der Waals surface area contributed by atoms with Gasteiger partial charge < -0.3 is 4.42 Å². The molecule has 11 rings (SSSR count). The maximum Gasteiger partial charge on any atom is 0.135 e. The summed E-state index contributed by atoms with van der Waals surface area (Å²) in [5.41, 5.74) is 15.5. The predicted octanol–water partition coefficient (Wildman–Crippen LogP) is 14.2. The van der Waals surface area contributed by atoms with Gasteiger partial charge in [-0.3, -0.25) is 9.97 Å². The van der Waals surface area contributed by atoms with E-state index in [1.54, 1.807) is 12.4 Å². The van der Waals surface area contributed by atoms with Gasteiger partial charge in [-0.1, -0.05) is 146 Å². The molecule has 9 aromatic carbocycles. The van der Waals surface area contributed by atoms with Crippen LogP contribution >= 0.6 is 0 Å². The summed E-state index contributed by atoms with van der Waals surface area (Å²) in [6, 6.07) is 65.2. The van der Waals surface area contributed by atoms with E-state index in [0.29, 0.717) is 0 Å². The van der Waals surface area contributed by atoms with E-state index in [1.165, 1.54) is 38.6 Å². The average molecular weight is 701 g/mol. The van der Waals surface area contributed by atoms with Crippen molar-refractivity contribution in [3.05, 3.63) is 194 Å². The lowest BCUT2D eigenvalue weighted by molar-refractivity contribution is 0.669. The summed E-state index contributed by atoms with van der Waals surface area (Å²) in [6.07, 6.45) is 3.55. The second-order valence-electron chi connectivity index (χ2n) is 14.2. The van der Waals surface area contributed by atoms with Crippen LogP contribution in [0.5, 0.6) is 0 Å². The second-order valence-corrected chi connectivity index (χ2v) is 14.2. The summed E-state index contributed by atoms with van der Waals surface area (Å²) in [4.78, 5) is 9.43. The van der Waals surface area contributed by atoms with E-state index in [9.17, 15) is 0 Å². The molecule has 0 fully saturated rings. The van der Waals surface area contributed by atoms with E-state index in [1.807, 2.05) is 0 Å². The van der Waals surface area contributed by atoms with Crippen molar-refractivity contribution >= 4 is 54.5 Å². The molecule has 0 unspecified atom stereocenters. The topological polar surface area (TPSA) is 38.9 Å². The van der Waals surface area contributed by atoms with Crippen LogP contribution in [0.25, 0.3) is 110 Å². The third-order valence-corrected chi connectivity index (χ3v) is 11.0. The number of aromatic nitrogens is 2. The van der Waals surface area contributed by atoms with Gasteiger partial charge >= 0.3 is 0 Å². The zero-order valence-corrected chi connectivity index (χ0v) is 29.8. The van der Waals surface area contributed by atoms with E-state index < -0.39 is 0 Å². The molecule has 2 heterocycles. The summed E-state index contributed by atoms with van der Waals surface area (Å²) in [6.45, 7) is 0. The van der Waals surface area contributed by atoms with Gasteiger partial charge in [-0.2, -0.15) is 0 Å². The Balaban J connectivity index is 0.925. The lowest BCUT2D eigenvalue weighted by atomic mass is 9.94. The van der Waals surface area contributed by atoms with E-state index in [-0.39, 0.29) is 0 Å². The Hall–Kier alpha value is -7.36. The van der Waals surface area contributed by atoms with Gasteiger partial charge in [-0.25, -0.2) is 0 Å². The van der Waals surface area contributed by atoms with Crippen LogP contribution in [0.4, 0.5) is 0 Å².